The molecule has 0 unspecified atom stereocenters. The molecular weight excluding hydrogens is 198 g/mol. The molecule has 0 aliphatic rings. The minimum absolute atomic E-state index is 0.312. The van der Waals surface area contributed by atoms with E-state index in [-0.39, 0.29) is 0 Å². The minimum Gasteiger partial charge on any atom is -0.481 e. The first-order chi connectivity index (χ1) is 6.77. The molecule has 0 spiro atoms. The van der Waals surface area contributed by atoms with Gasteiger partial charge >= 0.3 is 5.97 Å². The van der Waals surface area contributed by atoms with Crippen molar-refractivity contribution in [2.24, 2.45) is 0 Å². The Balaban J connectivity index is 2.88. The van der Waals surface area contributed by atoms with E-state index in [0.717, 1.165) is 32.4 Å². The van der Waals surface area contributed by atoms with Crippen LogP contribution in [0.1, 0.15) is 32.1 Å². The molecule has 0 amide bonds. The van der Waals surface area contributed by atoms with Crippen molar-refractivity contribution in [3.8, 4) is 0 Å². The fourth-order valence-electron chi connectivity index (χ4n) is 1.17. The second kappa shape index (κ2) is 10.9. The number of carbonyl (C=O) groups is 1. The quantitative estimate of drug-likeness (QED) is 0.552. The Bertz CT molecular complexity index is 142. The number of hydrogen-bond acceptors (Lipinski definition) is 3. The van der Waals surface area contributed by atoms with Crippen molar-refractivity contribution in [1.82, 2.24) is 5.32 Å². The van der Waals surface area contributed by atoms with E-state index in [1.165, 1.54) is 12.2 Å². The molecule has 0 atom stereocenters. The topological polar surface area (TPSA) is 49.3 Å². The van der Waals surface area contributed by atoms with Crippen LogP contribution in [-0.4, -0.2) is 36.2 Å². The molecule has 2 N–H and O–H groups in total. The van der Waals surface area contributed by atoms with Gasteiger partial charge in [-0.1, -0.05) is 6.42 Å². The summed E-state index contributed by atoms with van der Waals surface area (Å²) >= 11 is 1.87. The Morgan fingerprint density at radius 3 is 2.57 bits per heavy atom. The van der Waals surface area contributed by atoms with Gasteiger partial charge in [0.1, 0.15) is 0 Å². The average Bonchev–Trinajstić information content (AvgIpc) is 2.15. The third-order valence-electron chi connectivity index (χ3n) is 1.95. The number of thioether (sulfide) groups is 1. The third-order valence-corrected chi connectivity index (χ3v) is 2.64. The van der Waals surface area contributed by atoms with Crippen LogP contribution < -0.4 is 5.32 Å². The van der Waals surface area contributed by atoms with E-state index in [4.69, 9.17) is 5.11 Å². The van der Waals surface area contributed by atoms with Gasteiger partial charge in [-0.2, -0.15) is 11.8 Å². The van der Waals surface area contributed by atoms with Crippen LogP contribution in [0.3, 0.4) is 0 Å². The summed E-state index contributed by atoms with van der Waals surface area (Å²) < 4.78 is 0. The first kappa shape index (κ1) is 13.8. The van der Waals surface area contributed by atoms with E-state index >= 15 is 0 Å². The first-order valence-corrected chi connectivity index (χ1v) is 6.58. The Morgan fingerprint density at radius 2 is 1.93 bits per heavy atom. The number of nitrogens with one attached hydrogen (secondary N) is 1. The maximum Gasteiger partial charge on any atom is 0.303 e. The molecule has 0 aromatic rings. The van der Waals surface area contributed by atoms with Crippen LogP contribution in [0.4, 0.5) is 0 Å². The first-order valence-electron chi connectivity index (χ1n) is 5.19. The lowest BCUT2D eigenvalue weighted by molar-refractivity contribution is -0.137. The number of hydrogen-bond donors (Lipinski definition) is 2. The Labute approximate surface area is 90.7 Å². The fraction of sp³-hybridized carbons (Fsp3) is 0.900. The molecule has 0 aromatic heterocycles. The van der Waals surface area contributed by atoms with Gasteiger partial charge in [0, 0.05) is 6.42 Å². The van der Waals surface area contributed by atoms with E-state index in [1.807, 2.05) is 11.8 Å². The average molecular weight is 219 g/mol. The van der Waals surface area contributed by atoms with Crippen LogP contribution in [0.2, 0.25) is 0 Å². The van der Waals surface area contributed by atoms with E-state index in [9.17, 15) is 4.79 Å². The molecule has 3 nitrogen and oxygen atoms in total. The summed E-state index contributed by atoms with van der Waals surface area (Å²) in [4.78, 5) is 10.2. The lowest BCUT2D eigenvalue weighted by atomic mass is 10.2. The molecule has 0 heterocycles. The van der Waals surface area contributed by atoms with Crippen LogP contribution in [0.15, 0.2) is 0 Å². The summed E-state index contributed by atoms with van der Waals surface area (Å²) in [5.74, 6) is 0.532. The fourth-order valence-corrected chi connectivity index (χ4v) is 1.60. The molecule has 0 saturated carbocycles. The smallest absolute Gasteiger partial charge is 0.303 e. The highest BCUT2D eigenvalue weighted by molar-refractivity contribution is 7.98. The largest absolute Gasteiger partial charge is 0.481 e. The predicted octanol–water partition coefficient (Wildman–Crippen LogP) is 1.97. The summed E-state index contributed by atoms with van der Waals surface area (Å²) in [7, 11) is 0. The second-order valence-corrected chi connectivity index (χ2v) is 4.29. The minimum atomic E-state index is -0.682. The van der Waals surface area contributed by atoms with Crippen molar-refractivity contribution in [2.45, 2.75) is 32.1 Å². The Morgan fingerprint density at radius 1 is 1.21 bits per heavy atom. The lowest BCUT2D eigenvalue weighted by Gasteiger charge is -2.03. The maximum atomic E-state index is 10.2. The molecule has 0 fully saturated rings. The van der Waals surface area contributed by atoms with E-state index < -0.39 is 5.97 Å². The highest BCUT2D eigenvalue weighted by atomic mass is 32.2. The zero-order chi connectivity index (χ0) is 10.6. The monoisotopic (exact) mass is 219 g/mol. The van der Waals surface area contributed by atoms with Crippen molar-refractivity contribution in [2.75, 3.05) is 25.1 Å². The number of rotatable bonds is 10. The van der Waals surface area contributed by atoms with Crippen LogP contribution in [0.5, 0.6) is 0 Å². The summed E-state index contributed by atoms with van der Waals surface area (Å²) in [6, 6.07) is 0. The van der Waals surface area contributed by atoms with E-state index in [2.05, 4.69) is 11.6 Å². The summed E-state index contributed by atoms with van der Waals surface area (Å²) in [6.07, 6.45) is 6.56. The van der Waals surface area contributed by atoms with Crippen LogP contribution in [-0.2, 0) is 4.79 Å². The zero-order valence-electron chi connectivity index (χ0n) is 8.92. The highest BCUT2D eigenvalue weighted by Crippen LogP contribution is 1.98. The zero-order valence-corrected chi connectivity index (χ0v) is 9.74. The van der Waals surface area contributed by atoms with Gasteiger partial charge in [0.2, 0.25) is 0 Å². The van der Waals surface area contributed by atoms with Crippen molar-refractivity contribution in [1.29, 1.82) is 0 Å². The lowest BCUT2D eigenvalue weighted by Crippen LogP contribution is -2.17. The summed E-state index contributed by atoms with van der Waals surface area (Å²) in [5.41, 5.74) is 0. The van der Waals surface area contributed by atoms with Crippen molar-refractivity contribution in [3.05, 3.63) is 0 Å². The molecule has 84 valence electrons. The number of carboxylic acids is 1. The second-order valence-electron chi connectivity index (χ2n) is 3.30. The van der Waals surface area contributed by atoms with Crippen molar-refractivity contribution < 1.29 is 9.90 Å². The molecule has 0 aromatic carbocycles. The summed E-state index contributed by atoms with van der Waals surface area (Å²) in [6.45, 7) is 2.10. The van der Waals surface area contributed by atoms with Crippen LogP contribution in [0, 0.1) is 0 Å². The molecule has 14 heavy (non-hydrogen) atoms. The normalized spacial score (nSPS) is 10.4. The van der Waals surface area contributed by atoms with Gasteiger partial charge in [0.05, 0.1) is 0 Å². The van der Waals surface area contributed by atoms with Crippen molar-refractivity contribution >= 4 is 17.7 Å². The summed E-state index contributed by atoms with van der Waals surface area (Å²) in [5, 5.41) is 11.7. The molecule has 0 bridgehead atoms. The van der Waals surface area contributed by atoms with Gasteiger partial charge in [-0.25, -0.2) is 0 Å². The number of unbranched alkanes of at least 4 members (excludes halogenated alkanes) is 2. The molecule has 0 rings (SSSR count). The number of carboxylic acid groups (broad SMARTS) is 1. The van der Waals surface area contributed by atoms with Gasteiger partial charge in [-0.05, 0) is 44.4 Å². The number of aliphatic carboxylic acids is 1. The van der Waals surface area contributed by atoms with Gasteiger partial charge in [0.25, 0.3) is 0 Å². The third kappa shape index (κ3) is 11.8. The van der Waals surface area contributed by atoms with Gasteiger partial charge < -0.3 is 10.4 Å². The predicted molar refractivity (Wildman–Crippen MR) is 62.0 cm³/mol. The standard InChI is InChI=1S/C10H21NO2S/c1-14-9-5-8-11-7-4-2-3-6-10(12)13/h11H,2-9H2,1H3,(H,12,13). The maximum absolute atomic E-state index is 10.2. The molecule has 0 radical (unpaired) electrons. The van der Waals surface area contributed by atoms with E-state index in [1.54, 1.807) is 0 Å². The molecule has 0 saturated heterocycles. The van der Waals surface area contributed by atoms with Gasteiger partial charge in [-0.15, -0.1) is 0 Å². The molecular formula is C10H21NO2S. The molecule has 0 aliphatic heterocycles. The van der Waals surface area contributed by atoms with Gasteiger partial charge in [0.15, 0.2) is 0 Å². The Hall–Kier alpha value is -0.220. The highest BCUT2D eigenvalue weighted by Gasteiger charge is 1.95. The van der Waals surface area contributed by atoms with E-state index in [0.29, 0.717) is 6.42 Å². The van der Waals surface area contributed by atoms with Crippen LogP contribution >= 0.6 is 11.8 Å². The van der Waals surface area contributed by atoms with Crippen LogP contribution in [0.25, 0.3) is 0 Å². The van der Waals surface area contributed by atoms with Gasteiger partial charge in [-0.3, -0.25) is 4.79 Å². The molecule has 0 aliphatic carbocycles. The Kier molecular flexibility index (Phi) is 10.7. The SMILES string of the molecule is CSCCCNCCCCCC(=O)O. The van der Waals surface area contributed by atoms with Crippen molar-refractivity contribution in [3.63, 3.8) is 0 Å². The molecule has 4 heteroatoms.